The molecule has 30 heavy (non-hydrogen) atoms. The van der Waals surface area contributed by atoms with Gasteiger partial charge in [-0.2, -0.15) is 0 Å². The third-order valence-corrected chi connectivity index (χ3v) is 6.54. The van der Waals surface area contributed by atoms with Crippen molar-refractivity contribution in [3.05, 3.63) is 58.3 Å². The third kappa shape index (κ3) is 5.08. The van der Waals surface area contributed by atoms with Crippen LogP contribution in [0.25, 0.3) is 0 Å². The predicted molar refractivity (Wildman–Crippen MR) is 121 cm³/mol. The number of carbonyl (C=O) groups excluding carboxylic acids is 2. The number of hydrogen-bond donors (Lipinski definition) is 2. The van der Waals surface area contributed by atoms with E-state index in [0.29, 0.717) is 35.3 Å². The lowest BCUT2D eigenvalue weighted by Crippen LogP contribution is -2.51. The van der Waals surface area contributed by atoms with E-state index in [1.54, 1.807) is 36.5 Å². The number of benzene rings is 1. The predicted octanol–water partition coefficient (Wildman–Crippen LogP) is 4.09. The number of carbonyl (C=O) groups is 2. The fourth-order valence-electron chi connectivity index (χ4n) is 4.62. The van der Waals surface area contributed by atoms with Gasteiger partial charge in [0.2, 0.25) is 0 Å². The molecular weight excluding hydrogens is 444 g/mol. The van der Waals surface area contributed by atoms with Gasteiger partial charge < -0.3 is 15.5 Å². The second kappa shape index (κ2) is 9.71. The van der Waals surface area contributed by atoms with Gasteiger partial charge in [-0.15, -0.1) is 0 Å². The minimum atomic E-state index is -0.263. The minimum absolute atomic E-state index is 0.0943. The summed E-state index contributed by atoms with van der Waals surface area (Å²) in [5, 5.41) is 5.96. The lowest BCUT2D eigenvalue weighted by Gasteiger charge is -2.44. The Hall–Kier alpha value is -2.25. The summed E-state index contributed by atoms with van der Waals surface area (Å²) in [6.45, 7) is 3.11. The molecule has 3 heterocycles. The van der Waals surface area contributed by atoms with Crippen molar-refractivity contribution in [1.29, 1.82) is 0 Å². The Labute approximate surface area is 185 Å². The highest BCUT2D eigenvalue weighted by molar-refractivity contribution is 9.10. The standard InChI is InChI=1S/C23H27BrN4O2/c24-19-11-18(13-25-15-19)23(30)27-20-7-3-5-16(12-20)22(29)26-14-17-6-4-10-28-9-2-1-8-21(17)28/h3,5,7,11-13,15,17,21H,1-2,4,6,8-10,14H2,(H,26,29)(H,27,30). The number of hydrogen-bond acceptors (Lipinski definition) is 4. The highest BCUT2D eigenvalue weighted by Gasteiger charge is 2.32. The summed E-state index contributed by atoms with van der Waals surface area (Å²) in [5.74, 6) is 0.166. The van der Waals surface area contributed by atoms with E-state index in [-0.39, 0.29) is 11.8 Å². The van der Waals surface area contributed by atoms with Crippen LogP contribution in [0.2, 0.25) is 0 Å². The Morgan fingerprint density at radius 2 is 1.90 bits per heavy atom. The van der Waals surface area contributed by atoms with E-state index >= 15 is 0 Å². The van der Waals surface area contributed by atoms with Crippen LogP contribution in [-0.4, -0.2) is 47.4 Å². The van der Waals surface area contributed by atoms with Crippen molar-refractivity contribution in [2.75, 3.05) is 25.0 Å². The van der Waals surface area contributed by atoms with Gasteiger partial charge in [0.15, 0.2) is 0 Å². The number of rotatable bonds is 5. The van der Waals surface area contributed by atoms with Crippen molar-refractivity contribution in [3.8, 4) is 0 Å². The first-order valence-electron chi connectivity index (χ1n) is 10.6. The largest absolute Gasteiger partial charge is 0.352 e. The van der Waals surface area contributed by atoms with Gasteiger partial charge in [0.05, 0.1) is 5.56 Å². The van der Waals surface area contributed by atoms with Crippen LogP contribution in [0.1, 0.15) is 52.8 Å². The Balaban J connectivity index is 1.36. The SMILES string of the molecule is O=C(NCC1CCCN2CCCCC12)c1cccc(NC(=O)c2cncc(Br)c2)c1. The molecule has 158 valence electrons. The van der Waals surface area contributed by atoms with Crippen molar-refractivity contribution >= 4 is 33.4 Å². The van der Waals surface area contributed by atoms with E-state index in [9.17, 15) is 9.59 Å². The molecule has 2 aromatic rings. The maximum atomic E-state index is 12.7. The fourth-order valence-corrected chi connectivity index (χ4v) is 4.98. The van der Waals surface area contributed by atoms with Gasteiger partial charge in [-0.25, -0.2) is 0 Å². The van der Waals surface area contributed by atoms with Crippen LogP contribution in [0.4, 0.5) is 5.69 Å². The monoisotopic (exact) mass is 470 g/mol. The molecule has 1 aromatic heterocycles. The molecular formula is C23H27BrN4O2. The number of anilines is 1. The van der Waals surface area contributed by atoms with Crippen LogP contribution >= 0.6 is 15.9 Å². The Kier molecular flexibility index (Phi) is 6.79. The zero-order valence-electron chi connectivity index (χ0n) is 16.9. The summed E-state index contributed by atoms with van der Waals surface area (Å²) < 4.78 is 0.738. The number of amides is 2. The molecule has 2 fully saturated rings. The van der Waals surface area contributed by atoms with Crippen LogP contribution in [0.15, 0.2) is 47.2 Å². The van der Waals surface area contributed by atoms with Crippen LogP contribution in [0, 0.1) is 5.92 Å². The maximum Gasteiger partial charge on any atom is 0.257 e. The minimum Gasteiger partial charge on any atom is -0.352 e. The number of aromatic nitrogens is 1. The molecule has 2 aliphatic rings. The number of piperidine rings is 2. The molecule has 0 radical (unpaired) electrons. The molecule has 2 aliphatic heterocycles. The zero-order chi connectivity index (χ0) is 20.9. The molecule has 2 amide bonds. The first-order valence-corrected chi connectivity index (χ1v) is 11.4. The molecule has 2 atom stereocenters. The summed E-state index contributed by atoms with van der Waals surface area (Å²) in [4.78, 5) is 31.8. The Morgan fingerprint density at radius 3 is 2.77 bits per heavy atom. The molecule has 2 saturated heterocycles. The van der Waals surface area contributed by atoms with Crippen LogP contribution < -0.4 is 10.6 Å². The molecule has 0 saturated carbocycles. The van der Waals surface area contributed by atoms with Gasteiger partial charge in [-0.3, -0.25) is 14.6 Å². The van der Waals surface area contributed by atoms with Gasteiger partial charge in [0.25, 0.3) is 11.8 Å². The van der Waals surface area contributed by atoms with E-state index < -0.39 is 0 Å². The average molecular weight is 471 g/mol. The summed E-state index contributed by atoms with van der Waals surface area (Å²) in [6, 6.07) is 9.37. The molecule has 2 N–H and O–H groups in total. The normalized spacial score (nSPS) is 21.5. The van der Waals surface area contributed by atoms with E-state index in [2.05, 4.69) is 36.4 Å². The number of fused-ring (bicyclic) bond motifs is 1. The average Bonchev–Trinajstić information content (AvgIpc) is 2.77. The quantitative estimate of drug-likeness (QED) is 0.689. The first-order chi connectivity index (χ1) is 14.6. The molecule has 4 rings (SSSR count). The molecule has 6 nitrogen and oxygen atoms in total. The number of nitrogens with zero attached hydrogens (tertiary/aromatic N) is 2. The number of nitrogens with one attached hydrogen (secondary N) is 2. The summed E-state index contributed by atoms with van der Waals surface area (Å²) in [7, 11) is 0. The number of halogens is 1. The fraction of sp³-hybridized carbons (Fsp3) is 0.435. The molecule has 1 aromatic carbocycles. The van der Waals surface area contributed by atoms with Gasteiger partial charge in [0.1, 0.15) is 0 Å². The van der Waals surface area contributed by atoms with Crippen molar-refractivity contribution < 1.29 is 9.59 Å². The summed E-state index contributed by atoms with van der Waals surface area (Å²) >= 11 is 3.32. The molecule has 0 spiro atoms. The zero-order valence-corrected chi connectivity index (χ0v) is 18.5. The third-order valence-electron chi connectivity index (χ3n) is 6.10. The van der Waals surface area contributed by atoms with E-state index in [1.807, 2.05) is 0 Å². The van der Waals surface area contributed by atoms with Crippen molar-refractivity contribution in [1.82, 2.24) is 15.2 Å². The van der Waals surface area contributed by atoms with Crippen molar-refractivity contribution in [3.63, 3.8) is 0 Å². The summed E-state index contributed by atoms with van der Waals surface area (Å²) in [6.07, 6.45) is 9.36. The van der Waals surface area contributed by atoms with Crippen molar-refractivity contribution in [2.24, 2.45) is 5.92 Å². The van der Waals surface area contributed by atoms with Gasteiger partial charge in [-0.05, 0) is 84.9 Å². The molecule has 2 unspecified atom stereocenters. The van der Waals surface area contributed by atoms with E-state index in [4.69, 9.17) is 0 Å². The lowest BCUT2D eigenvalue weighted by molar-refractivity contribution is 0.0575. The van der Waals surface area contributed by atoms with Crippen LogP contribution in [0.3, 0.4) is 0 Å². The topological polar surface area (TPSA) is 74.3 Å². The van der Waals surface area contributed by atoms with Gasteiger partial charge >= 0.3 is 0 Å². The first kappa shape index (κ1) is 21.0. The highest BCUT2D eigenvalue weighted by Crippen LogP contribution is 2.30. The van der Waals surface area contributed by atoms with Crippen molar-refractivity contribution in [2.45, 2.75) is 38.1 Å². The summed E-state index contributed by atoms with van der Waals surface area (Å²) in [5.41, 5.74) is 1.59. The molecule has 0 aliphatic carbocycles. The second-order valence-electron chi connectivity index (χ2n) is 8.14. The van der Waals surface area contributed by atoms with E-state index in [1.165, 1.54) is 51.4 Å². The molecule has 0 bridgehead atoms. The van der Waals surface area contributed by atoms with Crippen LogP contribution in [0.5, 0.6) is 0 Å². The van der Waals surface area contributed by atoms with Gasteiger partial charge in [-0.1, -0.05) is 12.5 Å². The molecule has 7 heteroatoms. The van der Waals surface area contributed by atoms with E-state index in [0.717, 1.165) is 4.47 Å². The van der Waals surface area contributed by atoms with Gasteiger partial charge in [0, 0.05) is 40.7 Å². The number of pyridine rings is 1. The Morgan fingerprint density at radius 1 is 1.03 bits per heavy atom. The smallest absolute Gasteiger partial charge is 0.257 e. The highest BCUT2D eigenvalue weighted by atomic mass is 79.9. The van der Waals surface area contributed by atoms with Crippen LogP contribution in [-0.2, 0) is 0 Å². The second-order valence-corrected chi connectivity index (χ2v) is 9.05. The lowest BCUT2D eigenvalue weighted by atomic mass is 9.83. The maximum absolute atomic E-state index is 12.7. The Bertz CT molecular complexity index is 918.